The van der Waals surface area contributed by atoms with E-state index in [4.69, 9.17) is 106 Å². The van der Waals surface area contributed by atoms with Crippen molar-refractivity contribution in [3.05, 3.63) is 67.0 Å². The molecular weight excluding hydrogens is 1960 g/mol. The lowest BCUT2D eigenvalue weighted by molar-refractivity contribution is -0.0503. The van der Waals surface area contributed by atoms with E-state index in [0.29, 0.717) is 50.4 Å². The maximum Gasteiger partial charge on any atom is 0.490 e. The number of aliphatic hydroxyl groups is 5. The number of imidazole rings is 4. The van der Waals surface area contributed by atoms with Gasteiger partial charge in [0.25, 0.3) is 0 Å². The molecule has 4 fully saturated rings. The monoisotopic (exact) mass is 2030 g/mol. The lowest BCUT2D eigenvalue weighted by Gasteiger charge is -2.19. The zero-order valence-electron chi connectivity index (χ0n) is 59.9. The topological polar surface area (TPSA) is 1030 Å². The number of ether oxygens (including phenoxy) is 4. The average Bonchev–Trinajstić information content (AvgIpc) is 1.60. The number of halogens is 1. The third-order valence-electron chi connectivity index (χ3n) is 15.3. The fourth-order valence-corrected chi connectivity index (χ4v) is 22.9. The molecule has 81 heteroatoms. The van der Waals surface area contributed by atoms with Crippen molar-refractivity contribution in [3.63, 3.8) is 0 Å². The van der Waals surface area contributed by atoms with Gasteiger partial charge in [0.2, 0.25) is 11.2 Å². The Morgan fingerprint density at radius 2 is 0.675 bits per heavy atom. The second-order valence-electron chi connectivity index (χ2n) is 24.2. The lowest BCUT2D eigenvalue weighted by Crippen LogP contribution is -2.33. The summed E-state index contributed by atoms with van der Waals surface area (Å²) in [5.41, 5.74) is 20.4. The summed E-state index contributed by atoms with van der Waals surface area (Å²) in [4.78, 5) is 190. The van der Waals surface area contributed by atoms with Crippen molar-refractivity contribution in [2.24, 2.45) is 11.5 Å². The molecule has 4 aliphatic rings. The van der Waals surface area contributed by atoms with Gasteiger partial charge in [0.05, 0.1) is 93.8 Å². The number of hydrogen-bond acceptors (Lipinski definition) is 48. The Labute approximate surface area is 684 Å². The molecule has 123 heavy (non-hydrogen) atoms. The van der Waals surface area contributed by atoms with Crippen LogP contribution in [0.25, 0.3) is 44.7 Å². The molecule has 12 rings (SSSR count). The number of fused-ring (bicyclic) bond motifs is 4. The Morgan fingerprint density at radius 1 is 0.366 bits per heavy atom. The van der Waals surface area contributed by atoms with E-state index in [1.807, 2.05) is 0 Å². The SMILES string of the molecule is NCc1ncnc2c1ncn2C1CC(O)C(COP(=O)(O)OP(=O)(O)OP(=O)(O)O)O1.NCc1ncnc2c1ncn2C1OC(COP(=O)(O)OP(=O)(O)OP(=O)(O)O)C(O)C1O.Nc1ncc2ncn(C3CC(O)C(COP(=O)(O)OP(=O)(O)OP(=O)(O)O)O3)c2n1.O=P(O)(O)OP(=O)(O)OP(=O)(O)OCC1OC(n2cnc3cnc(Cl)nc32)CC1O. The van der Waals surface area contributed by atoms with Gasteiger partial charge in [-0.15, -0.1) is 0 Å². The zero-order valence-corrected chi connectivity index (χ0v) is 71.4. The first-order chi connectivity index (χ1) is 56.5. The molecule has 12 heterocycles. The Morgan fingerprint density at radius 3 is 1.02 bits per heavy atom. The molecule has 8 aromatic rings. The molecule has 0 bridgehead atoms. The third kappa shape index (κ3) is 29.8. The highest BCUT2D eigenvalue weighted by atomic mass is 35.5. The standard InChI is InChI=1S/C11H18N5O13P3.C11H18N5O12P3.C10H14ClN4O12P3.C10H16N5O12P3/c12-1-5-7-10(14-3-13-5)16(4-15-7)11-9(18)8(17)6(27-11)2-26-31(22,23)29-32(24,25)28-30(19,20)21;12-2-6-10-11(14-4-13-6)16(5-15-10)9-1-7(17)8(26-9)3-25-30(21,22)28-31(23,24)27-29(18,19)20;2*11-10-12-2-5-9(14-10)15(4-13-5)8-1-6(16)7(25-8)3-24-29(20,21)27-30(22,23)26-28(17,18)19/h3-4,6,8-9,11,17-18H,1-2,12H2,(H,22,23)(H,24,25)(H2,19,20,21);4-5,7-9,17H,1-3,12H2,(H,21,22)(H,23,24)(H2,18,19,20);2,4,6-8,16H,1,3H2,(H,20,21)(H,22,23)(H2,17,18,19);2,4,6-8,16H,1,3H2,(H,20,21)(H,22,23)(H2,11,12,14)(H2,17,18,19). The van der Waals surface area contributed by atoms with Crippen LogP contribution in [0.3, 0.4) is 0 Å². The van der Waals surface area contributed by atoms with E-state index in [2.05, 4.69) is 112 Å². The van der Waals surface area contributed by atoms with Crippen molar-refractivity contribution >= 4 is 156 Å². The van der Waals surface area contributed by atoms with Crippen LogP contribution in [-0.2, 0) is 139 Å². The first kappa shape index (κ1) is 102. The van der Waals surface area contributed by atoms with Crippen LogP contribution in [0.2, 0.25) is 5.28 Å². The van der Waals surface area contributed by atoms with Crippen molar-refractivity contribution in [2.45, 2.75) is 112 Å². The van der Waals surface area contributed by atoms with Crippen LogP contribution >= 0.6 is 105 Å². The largest absolute Gasteiger partial charge is 0.490 e. The lowest BCUT2D eigenvalue weighted by atomic mass is 10.1. The molecule has 4 saturated heterocycles. The molecule has 27 N–H and O–H groups in total. The molecule has 8 aromatic heterocycles. The fourth-order valence-electron chi connectivity index (χ4n) is 10.7. The maximum absolute atomic E-state index is 11.8. The van der Waals surface area contributed by atoms with E-state index in [0.717, 1.165) is 0 Å². The van der Waals surface area contributed by atoms with Crippen molar-refractivity contribution < 1.29 is 230 Å². The number of anilines is 1. The minimum Gasteiger partial charge on any atom is -0.390 e. The van der Waals surface area contributed by atoms with Crippen molar-refractivity contribution in [1.29, 1.82) is 0 Å². The number of nitrogen functional groups attached to an aromatic ring is 1. The predicted molar refractivity (Wildman–Crippen MR) is 385 cm³/mol. The van der Waals surface area contributed by atoms with Crippen LogP contribution in [0.5, 0.6) is 0 Å². The molecule has 4 aliphatic heterocycles. The molecule has 68 nitrogen and oxygen atoms in total. The summed E-state index contributed by atoms with van der Waals surface area (Å²) >= 11 is 5.76. The minimum atomic E-state index is -5.70. The van der Waals surface area contributed by atoms with Crippen LogP contribution in [-0.4, -0.2) is 263 Å². The summed E-state index contributed by atoms with van der Waals surface area (Å²) in [5, 5.41) is 50.9. The van der Waals surface area contributed by atoms with Gasteiger partial charge in [0.1, 0.15) is 90.0 Å². The number of rotatable bonds is 34. The Hall–Kier alpha value is -4.51. The molecule has 690 valence electrons. The van der Waals surface area contributed by atoms with E-state index in [1.54, 1.807) is 0 Å². The summed E-state index contributed by atoms with van der Waals surface area (Å²) in [6.07, 6.45) is -4.93. The van der Waals surface area contributed by atoms with Gasteiger partial charge in [-0.1, -0.05) is 0 Å². The van der Waals surface area contributed by atoms with Crippen LogP contribution in [0.15, 0.2) is 50.4 Å². The molecule has 0 spiro atoms. The van der Waals surface area contributed by atoms with Gasteiger partial charge in [-0.25, -0.2) is 105 Å². The van der Waals surface area contributed by atoms with Gasteiger partial charge in [0.15, 0.2) is 28.8 Å². The van der Waals surface area contributed by atoms with E-state index >= 15 is 0 Å². The minimum absolute atomic E-state index is 0.000206. The fraction of sp³-hybridized carbons (Fsp3) is 0.524. The highest BCUT2D eigenvalue weighted by Gasteiger charge is 2.50. The van der Waals surface area contributed by atoms with E-state index in [-0.39, 0.29) is 49.2 Å². The quantitative estimate of drug-likeness (QED) is 0.0145. The normalized spacial score (nSPS) is 26.8. The van der Waals surface area contributed by atoms with E-state index in [9.17, 15) is 99.9 Å². The Bertz CT molecular complexity index is 5550. The molecule has 21 unspecified atom stereocenters. The first-order valence-electron chi connectivity index (χ1n) is 32.2. The Kier molecular flexibility index (Phi) is 33.3. The summed E-state index contributed by atoms with van der Waals surface area (Å²) < 4.78 is 209. The molecule has 0 saturated carbocycles. The van der Waals surface area contributed by atoms with Gasteiger partial charge in [-0.3, -0.25) is 36.4 Å². The number of phosphoric acid groups is 12. The molecular formula is C42H66ClN19O49P12. The molecule has 21 atom stereocenters. The summed E-state index contributed by atoms with van der Waals surface area (Å²) in [6, 6.07) is 0. The number of nitrogens with two attached hydrogens (primary N) is 3. The molecule has 0 aromatic carbocycles. The van der Waals surface area contributed by atoms with Gasteiger partial charge in [0, 0.05) is 32.4 Å². The summed E-state index contributed by atoms with van der Waals surface area (Å²) in [6.45, 7) is -3.14. The molecule has 0 radical (unpaired) electrons. The summed E-state index contributed by atoms with van der Waals surface area (Å²) in [5.74, 6) is -0.0213. The predicted octanol–water partition coefficient (Wildman–Crippen LogP) is -2.60. The van der Waals surface area contributed by atoms with Gasteiger partial charge < -0.3 is 140 Å². The van der Waals surface area contributed by atoms with Crippen molar-refractivity contribution in [2.75, 3.05) is 32.2 Å². The van der Waals surface area contributed by atoms with Crippen molar-refractivity contribution in [1.82, 2.24) is 78.1 Å². The second-order valence-corrected chi connectivity index (χ2v) is 42.2. The number of hydrogen-bond donors (Lipinski definition) is 24. The van der Waals surface area contributed by atoms with Crippen LogP contribution in [0.4, 0.5) is 5.95 Å². The van der Waals surface area contributed by atoms with E-state index in [1.165, 1.54) is 68.6 Å². The smallest absolute Gasteiger partial charge is 0.390 e. The third-order valence-corrected chi connectivity index (χ3v) is 30.7. The van der Waals surface area contributed by atoms with Gasteiger partial charge >= 0.3 is 93.9 Å². The maximum atomic E-state index is 11.8. The van der Waals surface area contributed by atoms with Crippen molar-refractivity contribution in [3.8, 4) is 0 Å². The van der Waals surface area contributed by atoms with Gasteiger partial charge in [-0.2, -0.15) is 44.5 Å². The average molecular weight is 2030 g/mol. The van der Waals surface area contributed by atoms with Gasteiger partial charge in [-0.05, 0) is 11.6 Å². The number of aromatic nitrogens is 16. The first-order valence-corrected chi connectivity index (χ1v) is 50.7. The summed E-state index contributed by atoms with van der Waals surface area (Å²) in [7, 11) is -66.1. The zero-order chi connectivity index (χ0) is 91.6. The van der Waals surface area contributed by atoms with E-state index < -0.39 is 200 Å². The highest BCUT2D eigenvalue weighted by Crippen LogP contribution is 2.70. The van der Waals surface area contributed by atoms with Crippen LogP contribution in [0.1, 0.15) is 55.6 Å². The Balaban J connectivity index is 0.000000186. The number of aliphatic hydroxyl groups excluding tert-OH is 5. The molecule has 0 amide bonds. The van der Waals surface area contributed by atoms with Crippen LogP contribution < -0.4 is 17.2 Å². The molecule has 0 aliphatic carbocycles. The highest BCUT2D eigenvalue weighted by molar-refractivity contribution is 7.68. The number of nitrogens with zero attached hydrogens (tertiary/aromatic N) is 16. The second kappa shape index (κ2) is 40.1. The van der Waals surface area contributed by atoms with Crippen LogP contribution in [0, 0.1) is 0 Å². The number of phosphoric ester groups is 4.